The van der Waals surface area contributed by atoms with E-state index in [-0.39, 0.29) is 29.7 Å². The summed E-state index contributed by atoms with van der Waals surface area (Å²) in [7, 11) is 1.46. The van der Waals surface area contributed by atoms with Gasteiger partial charge in [-0.1, -0.05) is 18.7 Å². The van der Waals surface area contributed by atoms with Crippen molar-refractivity contribution in [2.75, 3.05) is 12.4 Å². The third-order valence-corrected chi connectivity index (χ3v) is 9.62. The summed E-state index contributed by atoms with van der Waals surface area (Å²) in [5.74, 6) is -2.42. The zero-order chi connectivity index (χ0) is 33.4. The van der Waals surface area contributed by atoms with Gasteiger partial charge < -0.3 is 24.8 Å². The molecule has 3 heterocycles. The maximum absolute atomic E-state index is 13.4. The quantitative estimate of drug-likeness (QED) is 0.162. The van der Waals surface area contributed by atoms with Crippen LogP contribution in [0.3, 0.4) is 0 Å². The van der Waals surface area contributed by atoms with Crippen molar-refractivity contribution in [3.05, 3.63) is 55.9 Å². The molecule has 3 amide bonds. The number of non-ortho nitro benzene ring substituents is 1. The minimum absolute atomic E-state index is 0.0507. The normalized spacial score (nSPS) is 20.6. The summed E-state index contributed by atoms with van der Waals surface area (Å²) in [5.41, 5.74) is -0.247. The molecule has 0 saturated carbocycles. The topological polar surface area (TPSA) is 182 Å². The van der Waals surface area contributed by atoms with Crippen molar-refractivity contribution in [3.8, 4) is 0 Å². The molecule has 0 aliphatic carbocycles. The molecule has 2 aromatic rings. The van der Waals surface area contributed by atoms with Gasteiger partial charge in [-0.25, -0.2) is 14.6 Å². The van der Waals surface area contributed by atoms with Crippen LogP contribution >= 0.6 is 23.1 Å². The van der Waals surface area contributed by atoms with Crippen molar-refractivity contribution in [2.45, 2.75) is 76.3 Å². The van der Waals surface area contributed by atoms with Gasteiger partial charge in [0.25, 0.3) is 5.69 Å². The number of anilines is 1. The van der Waals surface area contributed by atoms with Crippen LogP contribution in [0.1, 0.15) is 47.1 Å². The minimum Gasteiger partial charge on any atom is -0.456 e. The van der Waals surface area contributed by atoms with E-state index in [1.807, 2.05) is 6.92 Å². The monoisotopic (exact) mass is 661 g/mol. The lowest BCUT2D eigenvalue weighted by molar-refractivity contribution is -0.384. The van der Waals surface area contributed by atoms with Crippen LogP contribution in [0.2, 0.25) is 0 Å². The molecule has 4 rings (SSSR count). The van der Waals surface area contributed by atoms with Crippen molar-refractivity contribution < 1.29 is 38.7 Å². The number of likely N-dealkylation sites (N-methyl/N-ethyl adjacent to an activating group) is 1. The van der Waals surface area contributed by atoms with E-state index < -0.39 is 58.5 Å². The molecule has 1 saturated heterocycles. The number of nitro benzene ring substituents is 1. The van der Waals surface area contributed by atoms with Crippen molar-refractivity contribution >= 4 is 58.5 Å². The molecule has 16 heteroatoms. The summed E-state index contributed by atoms with van der Waals surface area (Å²) < 4.78 is 11.3. The number of nitrogens with one attached hydrogen (secondary N) is 1. The highest BCUT2D eigenvalue weighted by Crippen LogP contribution is 2.52. The van der Waals surface area contributed by atoms with E-state index in [0.29, 0.717) is 14.8 Å². The Morgan fingerprint density at radius 2 is 1.89 bits per heavy atom. The van der Waals surface area contributed by atoms with Crippen LogP contribution in [0.4, 0.5) is 16.3 Å². The zero-order valence-corrected chi connectivity index (χ0v) is 27.4. The van der Waals surface area contributed by atoms with E-state index in [9.17, 15) is 34.4 Å². The number of esters is 1. The molecular weight excluding hydrogens is 626 g/mol. The predicted octanol–water partition coefficient (Wildman–Crippen LogP) is 4.15. The first kappa shape index (κ1) is 33.9. The molecule has 1 aromatic carbocycles. The number of thioether (sulfide) groups is 1. The molecule has 2 N–H and O–H groups in total. The maximum atomic E-state index is 13.4. The fourth-order valence-corrected chi connectivity index (χ4v) is 6.95. The zero-order valence-electron chi connectivity index (χ0n) is 25.8. The fourth-order valence-electron chi connectivity index (χ4n) is 4.93. The van der Waals surface area contributed by atoms with E-state index >= 15 is 0 Å². The van der Waals surface area contributed by atoms with Crippen LogP contribution in [-0.4, -0.2) is 79.5 Å². The molecule has 1 unspecified atom stereocenters. The molecule has 1 aromatic heterocycles. The first-order valence-electron chi connectivity index (χ1n) is 14.1. The number of ether oxygens (including phenoxy) is 2. The number of fused-ring (bicyclic) bond motifs is 1. The van der Waals surface area contributed by atoms with Gasteiger partial charge in [-0.3, -0.25) is 24.6 Å². The molecule has 45 heavy (non-hydrogen) atoms. The average Bonchev–Trinajstić information content (AvgIpc) is 3.49. The van der Waals surface area contributed by atoms with E-state index in [1.165, 1.54) is 59.4 Å². The molecule has 0 radical (unpaired) electrons. The standard InChI is InChI=1S/C29H35N5O9S2/c1-14-21-20(16(3)35)25(37)33(21)22(26(38)42-12-17-8-10-18(11-9-17)34(40)41)23(14)45-27-31-19(13-44-27)30-24(36)15(2)32(7)28(39)43-29(4,5)6/h8-11,13-16,20-21,35H,12H2,1-7H3,(H,30,36)/t14-,15?,16-,20-,21-/m1/s1. The number of aliphatic hydroxyl groups is 1. The first-order chi connectivity index (χ1) is 21.0. The van der Waals surface area contributed by atoms with Crippen molar-refractivity contribution in [1.29, 1.82) is 0 Å². The number of amides is 3. The summed E-state index contributed by atoms with van der Waals surface area (Å²) in [5, 5.41) is 25.5. The van der Waals surface area contributed by atoms with Gasteiger partial charge >= 0.3 is 12.1 Å². The Kier molecular flexibility index (Phi) is 9.89. The third kappa shape index (κ3) is 7.28. The lowest BCUT2D eigenvalue weighted by Gasteiger charge is -2.46. The highest BCUT2D eigenvalue weighted by atomic mass is 32.2. The number of aliphatic hydroxyl groups excluding tert-OH is 1. The summed E-state index contributed by atoms with van der Waals surface area (Å²) in [4.78, 5) is 69.6. The second-order valence-electron chi connectivity index (χ2n) is 11.8. The molecule has 1 fully saturated rings. The van der Waals surface area contributed by atoms with Gasteiger partial charge in [0.1, 0.15) is 29.8 Å². The fraction of sp³-hybridized carbons (Fsp3) is 0.483. The SMILES string of the molecule is CC(C(=O)Nc1csc(SC2=C(C(=O)OCc3ccc([N+](=O)[O-])cc3)N3C(=O)[C@H]([C@@H](C)O)[C@H]3[C@H]2C)n1)N(C)C(=O)OC(C)(C)C. The van der Waals surface area contributed by atoms with Gasteiger partial charge in [-0.2, -0.15) is 0 Å². The number of carbonyl (C=O) groups is 4. The molecule has 2 aliphatic heterocycles. The second kappa shape index (κ2) is 13.1. The van der Waals surface area contributed by atoms with Crippen LogP contribution in [0.15, 0.2) is 44.6 Å². The van der Waals surface area contributed by atoms with Gasteiger partial charge in [0.2, 0.25) is 11.8 Å². The molecule has 2 aliphatic rings. The molecular formula is C29H35N5O9S2. The minimum atomic E-state index is -0.926. The third-order valence-electron chi connectivity index (χ3n) is 7.39. The molecule has 14 nitrogen and oxygen atoms in total. The van der Waals surface area contributed by atoms with Crippen LogP contribution in [-0.2, 0) is 30.5 Å². The van der Waals surface area contributed by atoms with Gasteiger partial charge in [-0.05, 0) is 52.3 Å². The average molecular weight is 662 g/mol. The highest BCUT2D eigenvalue weighted by Gasteiger charge is 2.60. The summed E-state index contributed by atoms with van der Waals surface area (Å²) in [6, 6.07) is 4.25. The second-order valence-corrected chi connectivity index (χ2v) is 14.0. The smallest absolute Gasteiger partial charge is 0.410 e. The Bertz CT molecular complexity index is 1530. The van der Waals surface area contributed by atoms with Crippen LogP contribution < -0.4 is 5.32 Å². The Balaban J connectivity index is 1.50. The number of rotatable bonds is 10. The largest absolute Gasteiger partial charge is 0.456 e. The Morgan fingerprint density at radius 3 is 2.47 bits per heavy atom. The molecule has 0 spiro atoms. The summed E-state index contributed by atoms with van der Waals surface area (Å²) in [6.45, 7) is 9.94. The first-order valence-corrected chi connectivity index (χ1v) is 15.8. The molecule has 0 bridgehead atoms. The lowest BCUT2D eigenvalue weighted by atomic mass is 9.79. The summed E-state index contributed by atoms with van der Waals surface area (Å²) >= 11 is 2.37. The number of nitrogens with zero attached hydrogens (tertiary/aromatic N) is 4. The number of β-lactam (4-membered cyclic amide) rings is 1. The number of hydrogen-bond acceptors (Lipinski definition) is 12. The van der Waals surface area contributed by atoms with Crippen LogP contribution in [0.25, 0.3) is 0 Å². The number of aromatic nitrogens is 1. The van der Waals surface area contributed by atoms with Gasteiger partial charge in [-0.15, -0.1) is 11.3 Å². The predicted molar refractivity (Wildman–Crippen MR) is 165 cm³/mol. The van der Waals surface area contributed by atoms with E-state index in [4.69, 9.17) is 9.47 Å². The van der Waals surface area contributed by atoms with Crippen LogP contribution in [0, 0.1) is 22.0 Å². The Labute approximate surface area is 267 Å². The number of nitro groups is 1. The van der Waals surface area contributed by atoms with Crippen LogP contribution in [0.5, 0.6) is 0 Å². The summed E-state index contributed by atoms with van der Waals surface area (Å²) in [6.07, 6.45) is -1.57. The maximum Gasteiger partial charge on any atom is 0.410 e. The van der Waals surface area contributed by atoms with Gasteiger partial charge in [0.15, 0.2) is 4.34 Å². The number of carbonyl (C=O) groups excluding carboxylic acids is 4. The van der Waals surface area contributed by atoms with Gasteiger partial charge in [0, 0.05) is 35.4 Å². The number of hydrogen-bond donors (Lipinski definition) is 2. The van der Waals surface area contributed by atoms with Crippen molar-refractivity contribution in [3.63, 3.8) is 0 Å². The Morgan fingerprint density at radius 1 is 1.24 bits per heavy atom. The van der Waals surface area contributed by atoms with Crippen molar-refractivity contribution in [1.82, 2.24) is 14.8 Å². The van der Waals surface area contributed by atoms with Gasteiger partial charge in [0.05, 0.1) is 23.0 Å². The lowest BCUT2D eigenvalue weighted by Crippen LogP contribution is -2.63. The molecule has 242 valence electrons. The molecule has 5 atom stereocenters. The number of benzene rings is 1. The highest BCUT2D eigenvalue weighted by molar-refractivity contribution is 8.04. The number of thiazole rings is 1. The van der Waals surface area contributed by atoms with E-state index in [0.717, 1.165) is 11.8 Å². The van der Waals surface area contributed by atoms with Crippen molar-refractivity contribution in [2.24, 2.45) is 11.8 Å². The van der Waals surface area contributed by atoms with E-state index in [2.05, 4.69) is 10.3 Å². The Hall–Kier alpha value is -4.02. The van der Waals surface area contributed by atoms with E-state index in [1.54, 1.807) is 33.1 Å².